The highest BCUT2D eigenvalue weighted by molar-refractivity contribution is 6.43. The van der Waals surface area contributed by atoms with Gasteiger partial charge in [-0.15, -0.1) is 10.2 Å². The van der Waals surface area contributed by atoms with Crippen molar-refractivity contribution < 1.29 is 9.53 Å². The van der Waals surface area contributed by atoms with Crippen molar-refractivity contribution >= 4 is 52.0 Å². The molecule has 0 atom stereocenters. The molecule has 3 heterocycles. The highest BCUT2D eigenvalue weighted by Crippen LogP contribution is 2.33. The molecule has 1 amide bonds. The second kappa shape index (κ2) is 9.87. The molecular weight excluding hydrogens is 511 g/mol. The molecule has 0 aliphatic carbocycles. The fourth-order valence-electron chi connectivity index (χ4n) is 3.33. The fraction of sp³-hybridized carbons (Fsp3) is 0.0417. The number of nitrogens with one attached hydrogen (secondary N) is 1. The Morgan fingerprint density at radius 3 is 2.57 bits per heavy atom. The Bertz CT molecular complexity index is 1540. The number of pyridine rings is 1. The lowest BCUT2D eigenvalue weighted by atomic mass is 10.1. The van der Waals surface area contributed by atoms with Crippen LogP contribution in [0.1, 0.15) is 0 Å². The summed E-state index contributed by atoms with van der Waals surface area (Å²) in [6.07, 6.45) is 3.39. The van der Waals surface area contributed by atoms with E-state index in [-0.39, 0.29) is 28.3 Å². The van der Waals surface area contributed by atoms with Crippen LogP contribution in [0.3, 0.4) is 0 Å². The van der Waals surface area contributed by atoms with Crippen molar-refractivity contribution in [2.45, 2.75) is 0 Å². The van der Waals surface area contributed by atoms with Crippen LogP contribution in [0.2, 0.25) is 15.1 Å². The molecule has 5 aromatic rings. The van der Waals surface area contributed by atoms with Gasteiger partial charge in [-0.3, -0.25) is 9.78 Å². The van der Waals surface area contributed by atoms with Gasteiger partial charge in [-0.2, -0.15) is 9.61 Å². The Morgan fingerprint density at radius 2 is 1.74 bits per heavy atom. The summed E-state index contributed by atoms with van der Waals surface area (Å²) in [6.45, 7) is -0.263. The van der Waals surface area contributed by atoms with Crippen LogP contribution in [0, 0.1) is 0 Å². The van der Waals surface area contributed by atoms with E-state index < -0.39 is 0 Å². The second-order valence-electron chi connectivity index (χ2n) is 7.37. The zero-order valence-corrected chi connectivity index (χ0v) is 20.1. The van der Waals surface area contributed by atoms with E-state index in [1.54, 1.807) is 23.0 Å². The van der Waals surface area contributed by atoms with Gasteiger partial charge in [-0.05, 0) is 42.5 Å². The number of ether oxygens (including phenoxy) is 1. The van der Waals surface area contributed by atoms with Crippen LogP contribution in [0.25, 0.3) is 28.3 Å². The van der Waals surface area contributed by atoms with Crippen LogP contribution in [-0.4, -0.2) is 37.3 Å². The number of aromatic nitrogens is 5. The zero-order valence-electron chi connectivity index (χ0n) is 17.8. The third-order valence-electron chi connectivity index (χ3n) is 4.96. The van der Waals surface area contributed by atoms with E-state index in [2.05, 4.69) is 20.5 Å². The number of amides is 1. The SMILES string of the molecule is O=C(COc1cc(Cl)c(Cl)cc1Cl)Nc1cccc(-c2ccc3nnc(-c4cccnc4)n3n2)c1. The van der Waals surface area contributed by atoms with Crippen molar-refractivity contribution in [1.82, 2.24) is 24.8 Å². The molecule has 0 aliphatic rings. The average molecular weight is 526 g/mol. The first-order chi connectivity index (χ1) is 17.0. The predicted molar refractivity (Wildman–Crippen MR) is 135 cm³/mol. The van der Waals surface area contributed by atoms with Crippen LogP contribution in [0.15, 0.2) is 73.1 Å². The number of nitrogens with zero attached hydrogens (tertiary/aromatic N) is 5. The molecule has 8 nitrogen and oxygen atoms in total. The van der Waals surface area contributed by atoms with Crippen molar-refractivity contribution in [2.24, 2.45) is 0 Å². The molecule has 35 heavy (non-hydrogen) atoms. The van der Waals surface area contributed by atoms with Crippen LogP contribution in [0.4, 0.5) is 5.69 Å². The topological polar surface area (TPSA) is 94.3 Å². The maximum atomic E-state index is 12.5. The number of hydrogen-bond acceptors (Lipinski definition) is 6. The quantitative estimate of drug-likeness (QED) is 0.280. The minimum Gasteiger partial charge on any atom is -0.482 e. The van der Waals surface area contributed by atoms with Crippen LogP contribution in [-0.2, 0) is 4.79 Å². The van der Waals surface area contributed by atoms with Crippen molar-refractivity contribution in [3.63, 3.8) is 0 Å². The van der Waals surface area contributed by atoms with E-state index in [1.165, 1.54) is 12.1 Å². The lowest BCUT2D eigenvalue weighted by Gasteiger charge is -2.11. The molecule has 11 heteroatoms. The van der Waals surface area contributed by atoms with Crippen molar-refractivity contribution in [3.05, 3.63) is 88.1 Å². The summed E-state index contributed by atoms with van der Waals surface area (Å²) >= 11 is 18.0. The third kappa shape index (κ3) is 5.05. The molecule has 0 saturated heterocycles. The molecule has 1 N–H and O–H groups in total. The lowest BCUT2D eigenvalue weighted by molar-refractivity contribution is -0.118. The number of carbonyl (C=O) groups is 1. The molecule has 3 aromatic heterocycles. The monoisotopic (exact) mass is 524 g/mol. The molecule has 0 radical (unpaired) electrons. The molecule has 0 bridgehead atoms. The van der Waals surface area contributed by atoms with E-state index in [9.17, 15) is 4.79 Å². The first kappa shape index (κ1) is 23.0. The number of halogens is 3. The lowest BCUT2D eigenvalue weighted by Crippen LogP contribution is -2.20. The standard InChI is InChI=1S/C24H15Cl3N6O2/c25-17-10-19(27)21(11-18(17)26)35-13-23(34)29-16-5-1-3-14(9-16)20-6-7-22-30-31-24(33(22)32-20)15-4-2-8-28-12-15/h1-12H,13H2,(H,29,34). The Morgan fingerprint density at radius 1 is 0.914 bits per heavy atom. The van der Waals surface area contributed by atoms with E-state index in [1.807, 2.05) is 42.5 Å². The van der Waals surface area contributed by atoms with Crippen LogP contribution >= 0.6 is 34.8 Å². The Kier molecular flexibility index (Phi) is 6.50. The normalized spacial score (nSPS) is 10.9. The van der Waals surface area contributed by atoms with Crippen LogP contribution < -0.4 is 10.1 Å². The van der Waals surface area contributed by atoms with E-state index in [0.29, 0.717) is 27.9 Å². The maximum absolute atomic E-state index is 12.5. The number of carbonyl (C=O) groups excluding carboxylic acids is 1. The van der Waals surface area contributed by atoms with Gasteiger partial charge in [-0.1, -0.05) is 46.9 Å². The summed E-state index contributed by atoms with van der Waals surface area (Å²) < 4.78 is 7.15. The number of rotatable bonds is 6. The molecule has 174 valence electrons. The Hall–Kier alpha value is -3.72. The molecule has 5 rings (SSSR count). The number of benzene rings is 2. The van der Waals surface area contributed by atoms with Crippen LogP contribution in [0.5, 0.6) is 5.75 Å². The molecule has 0 aliphatic heterocycles. The summed E-state index contributed by atoms with van der Waals surface area (Å²) in [6, 6.07) is 17.6. The molecule has 2 aromatic carbocycles. The highest BCUT2D eigenvalue weighted by atomic mass is 35.5. The highest BCUT2D eigenvalue weighted by Gasteiger charge is 2.13. The number of fused-ring (bicyclic) bond motifs is 1. The van der Waals surface area contributed by atoms with Crippen molar-refractivity contribution in [2.75, 3.05) is 11.9 Å². The van der Waals surface area contributed by atoms with Gasteiger partial charge in [0.25, 0.3) is 5.91 Å². The zero-order chi connectivity index (χ0) is 24.4. The van der Waals surface area contributed by atoms with Gasteiger partial charge in [0.05, 0.1) is 20.8 Å². The number of hydrogen-bond donors (Lipinski definition) is 1. The molecule has 0 unspecified atom stereocenters. The summed E-state index contributed by atoms with van der Waals surface area (Å²) in [5, 5.41) is 16.7. The Balaban J connectivity index is 1.33. The van der Waals surface area contributed by atoms with Crippen molar-refractivity contribution in [3.8, 4) is 28.4 Å². The summed E-state index contributed by atoms with van der Waals surface area (Å²) in [5.74, 6) is 0.476. The minimum atomic E-state index is -0.370. The Labute approximate surface area is 214 Å². The predicted octanol–water partition coefficient (Wildman–Crippen LogP) is 5.83. The first-order valence-corrected chi connectivity index (χ1v) is 11.4. The van der Waals surface area contributed by atoms with E-state index in [0.717, 1.165) is 11.1 Å². The van der Waals surface area contributed by atoms with E-state index in [4.69, 9.17) is 44.6 Å². The minimum absolute atomic E-state index is 0.260. The van der Waals surface area contributed by atoms with Gasteiger partial charge in [0.2, 0.25) is 0 Å². The molecule has 0 saturated carbocycles. The maximum Gasteiger partial charge on any atom is 0.262 e. The second-order valence-corrected chi connectivity index (χ2v) is 8.59. The first-order valence-electron chi connectivity index (χ1n) is 10.3. The van der Waals surface area contributed by atoms with Gasteiger partial charge >= 0.3 is 0 Å². The summed E-state index contributed by atoms with van der Waals surface area (Å²) in [4.78, 5) is 16.6. The smallest absolute Gasteiger partial charge is 0.262 e. The fourth-order valence-corrected chi connectivity index (χ4v) is 3.92. The average Bonchev–Trinajstić information content (AvgIpc) is 3.29. The van der Waals surface area contributed by atoms with Gasteiger partial charge in [0.15, 0.2) is 18.1 Å². The molecule has 0 fully saturated rings. The third-order valence-corrected chi connectivity index (χ3v) is 5.98. The van der Waals surface area contributed by atoms with Gasteiger partial charge < -0.3 is 10.1 Å². The number of anilines is 1. The van der Waals surface area contributed by atoms with E-state index >= 15 is 0 Å². The van der Waals surface area contributed by atoms with Crippen molar-refractivity contribution in [1.29, 1.82) is 0 Å². The largest absolute Gasteiger partial charge is 0.482 e. The summed E-state index contributed by atoms with van der Waals surface area (Å²) in [7, 11) is 0. The molecule has 0 spiro atoms. The van der Waals surface area contributed by atoms with Gasteiger partial charge in [0.1, 0.15) is 5.75 Å². The molecular formula is C24H15Cl3N6O2. The van der Waals surface area contributed by atoms with Gasteiger partial charge in [0, 0.05) is 35.3 Å². The summed E-state index contributed by atoms with van der Waals surface area (Å²) in [5.41, 5.74) is 3.46. The van der Waals surface area contributed by atoms with Gasteiger partial charge in [-0.25, -0.2) is 0 Å².